The highest BCUT2D eigenvalue weighted by Crippen LogP contribution is 2.10. The van der Waals surface area contributed by atoms with Crippen molar-refractivity contribution >= 4 is 0 Å². The molecule has 90 valence electrons. The van der Waals surface area contributed by atoms with Crippen LogP contribution in [0.15, 0.2) is 12.3 Å². The number of hydrogen-bond acceptors (Lipinski definition) is 4. The summed E-state index contributed by atoms with van der Waals surface area (Å²) in [5, 5.41) is 7.65. The Labute approximate surface area is 95.7 Å². The molecule has 2 atom stereocenters. The van der Waals surface area contributed by atoms with Crippen molar-refractivity contribution in [3.8, 4) is 0 Å². The van der Waals surface area contributed by atoms with Gasteiger partial charge in [-0.15, -0.1) is 0 Å². The Morgan fingerprint density at radius 3 is 3.06 bits per heavy atom. The molecule has 5 nitrogen and oxygen atoms in total. The lowest BCUT2D eigenvalue weighted by Gasteiger charge is -2.29. The highest BCUT2D eigenvalue weighted by atomic mass is 16.6. The molecule has 0 aromatic carbocycles. The summed E-state index contributed by atoms with van der Waals surface area (Å²) >= 11 is 0. The summed E-state index contributed by atoms with van der Waals surface area (Å²) < 4.78 is 12.9. The molecule has 1 aliphatic heterocycles. The normalized spacial score (nSPS) is 23.2. The van der Waals surface area contributed by atoms with E-state index in [1.807, 2.05) is 31.0 Å². The molecule has 1 N–H and O–H groups in total. The van der Waals surface area contributed by atoms with Crippen molar-refractivity contribution in [2.75, 3.05) is 26.9 Å². The summed E-state index contributed by atoms with van der Waals surface area (Å²) in [4.78, 5) is 0. The van der Waals surface area contributed by atoms with E-state index in [4.69, 9.17) is 9.47 Å². The van der Waals surface area contributed by atoms with Crippen molar-refractivity contribution in [3.63, 3.8) is 0 Å². The monoisotopic (exact) mass is 225 g/mol. The molecule has 5 heteroatoms. The highest BCUT2D eigenvalue weighted by Gasteiger charge is 2.24. The summed E-state index contributed by atoms with van der Waals surface area (Å²) in [5.74, 6) is 0. The molecule has 1 aromatic rings. The lowest BCUT2D eigenvalue weighted by Crippen LogP contribution is -2.46. The van der Waals surface area contributed by atoms with Crippen LogP contribution in [0.4, 0.5) is 0 Å². The molecule has 0 saturated carbocycles. The summed E-state index contributed by atoms with van der Waals surface area (Å²) in [6.45, 7) is 2.06. The minimum absolute atomic E-state index is 0.126. The zero-order valence-electron chi connectivity index (χ0n) is 9.85. The molecule has 0 aliphatic carbocycles. The van der Waals surface area contributed by atoms with E-state index < -0.39 is 0 Å². The number of hydrogen-bond donors (Lipinski definition) is 1. The van der Waals surface area contributed by atoms with Gasteiger partial charge in [-0.25, -0.2) is 0 Å². The van der Waals surface area contributed by atoms with E-state index in [2.05, 4.69) is 10.4 Å². The highest BCUT2D eigenvalue weighted by molar-refractivity contribution is 5.02. The number of likely N-dealkylation sites (N-methyl/N-ethyl adjacent to an activating group) is 1. The second-order valence-electron chi connectivity index (χ2n) is 4.06. The van der Waals surface area contributed by atoms with E-state index in [1.165, 1.54) is 0 Å². The number of ether oxygens (including phenoxy) is 2. The maximum Gasteiger partial charge on any atom is 0.0965 e. The topological polar surface area (TPSA) is 48.3 Å². The molecule has 0 spiro atoms. The van der Waals surface area contributed by atoms with Crippen LogP contribution < -0.4 is 5.32 Å². The zero-order valence-corrected chi connectivity index (χ0v) is 9.85. The fourth-order valence-electron chi connectivity index (χ4n) is 1.96. The molecule has 1 fully saturated rings. The van der Waals surface area contributed by atoms with Crippen molar-refractivity contribution in [2.24, 2.45) is 7.05 Å². The lowest BCUT2D eigenvalue weighted by molar-refractivity contribution is -0.100. The first kappa shape index (κ1) is 11.6. The molecule has 1 aliphatic rings. The number of aromatic nitrogens is 2. The van der Waals surface area contributed by atoms with E-state index in [1.54, 1.807) is 0 Å². The van der Waals surface area contributed by atoms with Crippen molar-refractivity contribution in [1.29, 1.82) is 0 Å². The van der Waals surface area contributed by atoms with Crippen LogP contribution in [0.25, 0.3) is 0 Å². The molecule has 1 aromatic heterocycles. The average molecular weight is 225 g/mol. The smallest absolute Gasteiger partial charge is 0.0965 e. The minimum atomic E-state index is 0.126. The molecule has 2 heterocycles. The van der Waals surface area contributed by atoms with Crippen LogP contribution in [0.5, 0.6) is 0 Å². The molecule has 1 saturated heterocycles. The summed E-state index contributed by atoms with van der Waals surface area (Å²) in [5.41, 5.74) is 1.08. The van der Waals surface area contributed by atoms with Gasteiger partial charge in [-0.2, -0.15) is 5.10 Å². The number of nitrogens with zero attached hydrogens (tertiary/aromatic N) is 2. The third kappa shape index (κ3) is 2.81. The van der Waals surface area contributed by atoms with Crippen LogP contribution in [0, 0.1) is 0 Å². The zero-order chi connectivity index (χ0) is 11.4. The molecule has 2 rings (SSSR count). The van der Waals surface area contributed by atoms with Gasteiger partial charge in [0.25, 0.3) is 0 Å². The third-order valence-corrected chi connectivity index (χ3v) is 2.86. The second kappa shape index (κ2) is 5.43. The minimum Gasteiger partial charge on any atom is -0.376 e. The largest absolute Gasteiger partial charge is 0.376 e. The predicted octanol–water partition coefficient (Wildman–Crippen LogP) is -0.0340. The Morgan fingerprint density at radius 1 is 1.62 bits per heavy atom. The van der Waals surface area contributed by atoms with E-state index >= 15 is 0 Å². The van der Waals surface area contributed by atoms with Crippen LogP contribution in [0.2, 0.25) is 0 Å². The fourth-order valence-corrected chi connectivity index (χ4v) is 1.96. The average Bonchev–Trinajstić information content (AvgIpc) is 2.73. The van der Waals surface area contributed by atoms with Gasteiger partial charge >= 0.3 is 0 Å². The van der Waals surface area contributed by atoms with Crippen molar-refractivity contribution < 1.29 is 9.47 Å². The van der Waals surface area contributed by atoms with Crippen molar-refractivity contribution in [1.82, 2.24) is 15.1 Å². The standard InChI is InChI=1S/C11H19N3O2/c1-12-10(11-8-15-5-6-16-11)7-9-3-4-14(2)13-9/h3-4,10-12H,5-8H2,1-2H3. The van der Waals surface area contributed by atoms with Crippen molar-refractivity contribution in [3.05, 3.63) is 18.0 Å². The summed E-state index contributed by atoms with van der Waals surface area (Å²) in [6.07, 6.45) is 2.95. The Hall–Kier alpha value is -0.910. The maximum absolute atomic E-state index is 5.69. The first-order valence-corrected chi connectivity index (χ1v) is 5.64. The van der Waals surface area contributed by atoms with Crippen LogP contribution >= 0.6 is 0 Å². The molecule has 16 heavy (non-hydrogen) atoms. The van der Waals surface area contributed by atoms with Gasteiger partial charge in [0.1, 0.15) is 0 Å². The van der Waals surface area contributed by atoms with Gasteiger partial charge in [-0.1, -0.05) is 0 Å². The first-order chi connectivity index (χ1) is 7.79. The Balaban J connectivity index is 1.94. The first-order valence-electron chi connectivity index (χ1n) is 5.64. The predicted molar refractivity (Wildman–Crippen MR) is 60.3 cm³/mol. The van der Waals surface area contributed by atoms with Gasteiger partial charge in [0, 0.05) is 25.7 Å². The van der Waals surface area contributed by atoms with Gasteiger partial charge in [0.05, 0.1) is 31.6 Å². The number of nitrogens with one attached hydrogen (secondary N) is 1. The van der Waals surface area contributed by atoms with E-state index in [-0.39, 0.29) is 12.1 Å². The van der Waals surface area contributed by atoms with Gasteiger partial charge in [-0.05, 0) is 13.1 Å². The molecule has 0 amide bonds. The Morgan fingerprint density at radius 2 is 2.50 bits per heavy atom. The van der Waals surface area contributed by atoms with Crippen LogP contribution in [-0.4, -0.2) is 48.8 Å². The SMILES string of the molecule is CNC(Cc1ccn(C)n1)C1COCCO1. The quantitative estimate of drug-likeness (QED) is 0.781. The maximum atomic E-state index is 5.69. The molecule has 0 radical (unpaired) electrons. The molecular weight excluding hydrogens is 206 g/mol. The fraction of sp³-hybridized carbons (Fsp3) is 0.727. The van der Waals surface area contributed by atoms with Gasteiger partial charge in [0.2, 0.25) is 0 Å². The van der Waals surface area contributed by atoms with E-state index in [9.17, 15) is 0 Å². The van der Waals surface area contributed by atoms with Gasteiger partial charge < -0.3 is 14.8 Å². The summed E-state index contributed by atoms with van der Waals surface area (Å²) in [6, 6.07) is 2.30. The Bertz CT molecular complexity index is 321. The molecule has 2 unspecified atom stereocenters. The third-order valence-electron chi connectivity index (χ3n) is 2.86. The Kier molecular flexibility index (Phi) is 3.93. The molecular formula is C11H19N3O2. The van der Waals surface area contributed by atoms with Crippen LogP contribution in [0.1, 0.15) is 5.69 Å². The number of rotatable bonds is 4. The van der Waals surface area contributed by atoms with E-state index in [0.29, 0.717) is 19.8 Å². The van der Waals surface area contributed by atoms with Crippen molar-refractivity contribution in [2.45, 2.75) is 18.6 Å². The van der Waals surface area contributed by atoms with Crippen LogP contribution in [-0.2, 0) is 22.9 Å². The van der Waals surface area contributed by atoms with Gasteiger partial charge in [-0.3, -0.25) is 4.68 Å². The molecule has 0 bridgehead atoms. The lowest BCUT2D eigenvalue weighted by atomic mass is 10.1. The van der Waals surface area contributed by atoms with Crippen LogP contribution in [0.3, 0.4) is 0 Å². The second-order valence-corrected chi connectivity index (χ2v) is 4.06. The summed E-state index contributed by atoms with van der Waals surface area (Å²) in [7, 11) is 3.88. The van der Waals surface area contributed by atoms with Gasteiger partial charge in [0.15, 0.2) is 0 Å². The van der Waals surface area contributed by atoms with E-state index in [0.717, 1.165) is 12.1 Å². The number of aryl methyl sites for hydroxylation is 1.